The lowest BCUT2D eigenvalue weighted by molar-refractivity contribution is -0.113. The highest BCUT2D eigenvalue weighted by molar-refractivity contribution is 8.18. The number of carbonyl (C=O) groups excluding carboxylic acids is 1. The molecule has 1 aromatic carbocycles. The molecule has 3 heterocycles. The van der Waals surface area contributed by atoms with Crippen LogP contribution in [0, 0.1) is 0 Å². The maximum absolute atomic E-state index is 12.1. The van der Waals surface area contributed by atoms with Crippen molar-refractivity contribution in [3.63, 3.8) is 0 Å². The molecule has 0 fully saturated rings. The Morgan fingerprint density at radius 3 is 2.85 bits per heavy atom. The van der Waals surface area contributed by atoms with E-state index in [1.807, 2.05) is 48.5 Å². The first kappa shape index (κ1) is 16.5. The second-order valence-electron chi connectivity index (χ2n) is 5.82. The number of amides is 1. The summed E-state index contributed by atoms with van der Waals surface area (Å²) in [5.74, 6) is -0.201. The molecule has 0 aliphatic carbocycles. The van der Waals surface area contributed by atoms with Crippen molar-refractivity contribution in [1.29, 1.82) is 0 Å². The Kier molecular flexibility index (Phi) is 4.75. The lowest BCUT2D eigenvalue weighted by Gasteiger charge is -2.04. The fourth-order valence-electron chi connectivity index (χ4n) is 2.68. The van der Waals surface area contributed by atoms with Crippen molar-refractivity contribution in [3.05, 3.63) is 77.1 Å². The van der Waals surface area contributed by atoms with E-state index in [2.05, 4.69) is 20.3 Å². The highest BCUT2D eigenvalue weighted by Crippen LogP contribution is 2.28. The molecule has 128 valence electrons. The summed E-state index contributed by atoms with van der Waals surface area (Å²) in [5, 5.41) is 4.93. The van der Waals surface area contributed by atoms with Gasteiger partial charge in [-0.1, -0.05) is 12.1 Å². The van der Waals surface area contributed by atoms with Crippen LogP contribution in [0.5, 0.6) is 0 Å². The number of aliphatic imine (C=N–C) groups is 1. The van der Waals surface area contributed by atoms with Crippen LogP contribution < -0.4 is 5.32 Å². The van der Waals surface area contributed by atoms with E-state index in [0.29, 0.717) is 10.1 Å². The van der Waals surface area contributed by atoms with Crippen LogP contribution >= 0.6 is 11.8 Å². The van der Waals surface area contributed by atoms with Crippen molar-refractivity contribution in [2.24, 2.45) is 4.99 Å². The molecule has 0 bridgehead atoms. The van der Waals surface area contributed by atoms with Gasteiger partial charge in [0.25, 0.3) is 5.91 Å². The Balaban J connectivity index is 1.41. The summed E-state index contributed by atoms with van der Waals surface area (Å²) in [6, 6.07) is 13.8. The topological polar surface area (TPSA) is 67.2 Å². The van der Waals surface area contributed by atoms with Crippen molar-refractivity contribution in [2.45, 2.75) is 6.42 Å². The van der Waals surface area contributed by atoms with Crippen molar-refractivity contribution in [3.8, 4) is 0 Å². The zero-order chi connectivity index (χ0) is 17.8. The van der Waals surface area contributed by atoms with E-state index in [4.69, 9.17) is 0 Å². The van der Waals surface area contributed by atoms with E-state index in [-0.39, 0.29) is 5.91 Å². The van der Waals surface area contributed by atoms with Crippen LogP contribution in [0.1, 0.15) is 11.1 Å². The van der Waals surface area contributed by atoms with E-state index in [1.165, 1.54) is 17.3 Å². The predicted molar refractivity (Wildman–Crippen MR) is 106 cm³/mol. The summed E-state index contributed by atoms with van der Waals surface area (Å²) >= 11 is 1.38. The van der Waals surface area contributed by atoms with Crippen LogP contribution in [0.3, 0.4) is 0 Å². The van der Waals surface area contributed by atoms with E-state index in [1.54, 1.807) is 18.6 Å². The Morgan fingerprint density at radius 1 is 1.08 bits per heavy atom. The molecule has 3 aromatic rings. The van der Waals surface area contributed by atoms with Gasteiger partial charge in [0.05, 0.1) is 10.4 Å². The van der Waals surface area contributed by atoms with Gasteiger partial charge in [-0.05, 0) is 65.7 Å². The average Bonchev–Trinajstić information content (AvgIpc) is 3.02. The first-order valence-electron chi connectivity index (χ1n) is 8.28. The number of hydrogen-bond donors (Lipinski definition) is 1. The number of nitrogens with zero attached hydrogens (tertiary/aromatic N) is 3. The molecule has 4 rings (SSSR count). The molecule has 0 radical (unpaired) electrons. The van der Waals surface area contributed by atoms with Crippen LogP contribution in [-0.4, -0.2) is 27.6 Å². The highest BCUT2D eigenvalue weighted by Gasteiger charge is 2.21. The van der Waals surface area contributed by atoms with E-state index in [9.17, 15) is 4.79 Å². The molecule has 6 heteroatoms. The van der Waals surface area contributed by atoms with Gasteiger partial charge in [0.15, 0.2) is 5.17 Å². The summed E-state index contributed by atoms with van der Waals surface area (Å²) in [6.45, 7) is 0.720. The quantitative estimate of drug-likeness (QED) is 0.722. The third kappa shape index (κ3) is 3.81. The summed E-state index contributed by atoms with van der Waals surface area (Å²) in [4.78, 5) is 25.2. The first-order chi connectivity index (χ1) is 12.8. The third-order valence-corrected chi connectivity index (χ3v) is 4.93. The van der Waals surface area contributed by atoms with E-state index >= 15 is 0 Å². The minimum Gasteiger partial charge on any atom is -0.364 e. The normalized spacial score (nSPS) is 15.5. The minimum absolute atomic E-state index is 0.201. The lowest BCUT2D eigenvalue weighted by atomic mass is 10.1. The zero-order valence-electron chi connectivity index (χ0n) is 13.9. The zero-order valence-corrected chi connectivity index (χ0v) is 14.7. The molecular weight excluding hydrogens is 344 g/mol. The van der Waals surface area contributed by atoms with Gasteiger partial charge in [-0.2, -0.15) is 4.99 Å². The molecule has 0 saturated heterocycles. The van der Waals surface area contributed by atoms with Crippen molar-refractivity contribution in [2.75, 3.05) is 6.54 Å². The van der Waals surface area contributed by atoms with Gasteiger partial charge < -0.3 is 5.32 Å². The predicted octanol–water partition coefficient (Wildman–Crippen LogP) is 3.43. The highest BCUT2D eigenvalue weighted by atomic mass is 32.2. The van der Waals surface area contributed by atoms with Gasteiger partial charge >= 0.3 is 0 Å². The number of thioether (sulfide) groups is 1. The monoisotopic (exact) mass is 360 g/mol. The molecule has 0 spiro atoms. The smallest absolute Gasteiger partial charge is 0.286 e. The van der Waals surface area contributed by atoms with Gasteiger partial charge in [-0.15, -0.1) is 0 Å². The first-order valence-corrected chi connectivity index (χ1v) is 9.10. The summed E-state index contributed by atoms with van der Waals surface area (Å²) in [5.41, 5.74) is 3.10. The van der Waals surface area contributed by atoms with Crippen LogP contribution in [-0.2, 0) is 11.2 Å². The van der Waals surface area contributed by atoms with Crippen molar-refractivity contribution in [1.82, 2.24) is 15.3 Å². The van der Waals surface area contributed by atoms with E-state index in [0.717, 1.165) is 29.4 Å². The molecular formula is C20H16N4OS. The Morgan fingerprint density at radius 2 is 1.96 bits per heavy atom. The molecule has 5 nitrogen and oxygen atoms in total. The summed E-state index contributed by atoms with van der Waals surface area (Å²) in [6.07, 6.45) is 8.06. The third-order valence-electron chi connectivity index (χ3n) is 3.98. The number of pyridine rings is 2. The summed E-state index contributed by atoms with van der Waals surface area (Å²) in [7, 11) is 0. The van der Waals surface area contributed by atoms with Gasteiger partial charge in [-0.25, -0.2) is 0 Å². The Labute approximate surface area is 155 Å². The van der Waals surface area contributed by atoms with Crippen LogP contribution in [0.4, 0.5) is 0 Å². The van der Waals surface area contributed by atoms with Crippen LogP contribution in [0.25, 0.3) is 17.0 Å². The van der Waals surface area contributed by atoms with Crippen LogP contribution in [0.2, 0.25) is 0 Å². The largest absolute Gasteiger partial charge is 0.364 e. The molecule has 1 aliphatic rings. The number of amidine groups is 1. The number of aromatic nitrogens is 2. The number of nitrogens with one attached hydrogen (secondary N) is 1. The average molecular weight is 360 g/mol. The summed E-state index contributed by atoms with van der Waals surface area (Å²) < 4.78 is 0. The van der Waals surface area contributed by atoms with Gasteiger partial charge in [-0.3, -0.25) is 14.8 Å². The second-order valence-corrected chi connectivity index (χ2v) is 6.85. The number of fused-ring (bicyclic) bond motifs is 1. The molecule has 0 atom stereocenters. The molecule has 2 aromatic heterocycles. The molecule has 0 unspecified atom stereocenters. The van der Waals surface area contributed by atoms with E-state index < -0.39 is 0 Å². The number of hydrogen-bond acceptors (Lipinski definition) is 5. The van der Waals surface area contributed by atoms with Gasteiger partial charge in [0, 0.05) is 30.5 Å². The molecule has 26 heavy (non-hydrogen) atoms. The maximum atomic E-state index is 12.1. The molecule has 1 N–H and O–H groups in total. The maximum Gasteiger partial charge on any atom is 0.286 e. The number of carbonyl (C=O) groups is 1. The number of rotatable bonds is 4. The SMILES string of the molecule is O=C1N=C(NCCc2ccncc2)S/C1=C\c1ccc2ncccc2c1. The van der Waals surface area contributed by atoms with Crippen LogP contribution in [0.15, 0.2) is 71.0 Å². The minimum atomic E-state index is -0.201. The molecule has 0 saturated carbocycles. The number of benzene rings is 1. The molecule has 1 amide bonds. The lowest BCUT2D eigenvalue weighted by Crippen LogP contribution is -2.21. The fraction of sp³-hybridized carbons (Fsp3) is 0.100. The fourth-order valence-corrected chi connectivity index (χ4v) is 3.52. The Hall–Kier alpha value is -2.99. The van der Waals surface area contributed by atoms with Crippen molar-refractivity contribution >= 4 is 39.8 Å². The Bertz CT molecular complexity index is 1010. The standard InChI is InChI=1S/C20H16N4OS/c25-19-18(13-15-3-4-17-16(12-15)2-1-8-22-17)26-20(24-19)23-11-7-14-5-9-21-10-6-14/h1-6,8-10,12-13H,7,11H2,(H,23,24,25)/b18-13-. The molecule has 1 aliphatic heterocycles. The van der Waals surface area contributed by atoms with Crippen molar-refractivity contribution < 1.29 is 4.79 Å². The van der Waals surface area contributed by atoms with Gasteiger partial charge in [0.2, 0.25) is 0 Å². The second kappa shape index (κ2) is 7.49. The van der Waals surface area contributed by atoms with Gasteiger partial charge in [0.1, 0.15) is 0 Å².